The first-order valence-corrected chi connectivity index (χ1v) is 12.6. The maximum absolute atomic E-state index is 14.0. The molecular weight excluding hydrogens is 502 g/mol. The Hall–Kier alpha value is -4.23. The number of aryl methyl sites for hydroxylation is 1. The van der Waals surface area contributed by atoms with Gasteiger partial charge in [0.05, 0.1) is 11.1 Å². The summed E-state index contributed by atoms with van der Waals surface area (Å²) in [6.07, 6.45) is 5.35. The van der Waals surface area contributed by atoms with E-state index < -0.39 is 23.3 Å². The minimum absolute atomic E-state index is 0.0261. The van der Waals surface area contributed by atoms with Gasteiger partial charge in [-0.1, -0.05) is 47.5 Å². The quantitative estimate of drug-likeness (QED) is 0.153. The maximum Gasteiger partial charge on any atom is 0.177 e. The van der Waals surface area contributed by atoms with Gasteiger partial charge in [0.15, 0.2) is 23.3 Å². The third-order valence-corrected chi connectivity index (χ3v) is 6.27. The number of fused-ring (bicyclic) bond motifs is 2. The fourth-order valence-electron chi connectivity index (χ4n) is 4.46. The molecule has 0 radical (unpaired) electrons. The van der Waals surface area contributed by atoms with E-state index >= 15 is 0 Å². The smallest absolute Gasteiger partial charge is 0.177 e. The van der Waals surface area contributed by atoms with Gasteiger partial charge in [-0.25, -0.2) is 17.6 Å². The van der Waals surface area contributed by atoms with Gasteiger partial charge in [-0.2, -0.15) is 5.26 Å². The zero-order valence-corrected chi connectivity index (χ0v) is 23.2. The SMILES string of the molecule is C#Cc1c(F)c(F)c(C)c2cc(N)cc(C(C)C)c12.CC.CC(C)c1cc(N)cc2cc(F)c(F)c(C#N)c12. The fraction of sp³-hybridized carbons (Fsp3) is 0.281. The molecule has 0 aromatic heterocycles. The van der Waals surface area contributed by atoms with Crippen LogP contribution in [0.5, 0.6) is 0 Å². The van der Waals surface area contributed by atoms with Crippen molar-refractivity contribution in [2.45, 2.75) is 60.3 Å². The summed E-state index contributed by atoms with van der Waals surface area (Å²) in [6.45, 7) is 13.3. The van der Waals surface area contributed by atoms with Crippen LogP contribution in [0.3, 0.4) is 0 Å². The summed E-state index contributed by atoms with van der Waals surface area (Å²) in [5.41, 5.74) is 14.1. The second-order valence-corrected chi connectivity index (χ2v) is 9.48. The summed E-state index contributed by atoms with van der Waals surface area (Å²) in [7, 11) is 0. The minimum atomic E-state index is -1.10. The second kappa shape index (κ2) is 12.5. The standard InChI is InChI=1S/C16H15F2N.C14H12F2N2.C2H6/c1-5-11-14-12(8(2)3)6-10(19)7-13(14)9(4)15(17)16(11)18;1-7(2)10-5-9(18)3-8-4-12(15)14(16)11(6-17)13(8)10;1-2/h1,6-8H,19H2,2-4H3;3-5,7H,18H2,1-2H3;1-2H3. The van der Waals surface area contributed by atoms with Crippen molar-refractivity contribution >= 4 is 32.9 Å². The third-order valence-electron chi connectivity index (χ3n) is 6.27. The van der Waals surface area contributed by atoms with Crippen LogP contribution in [-0.2, 0) is 0 Å². The Morgan fingerprint density at radius 3 is 1.74 bits per heavy atom. The average Bonchev–Trinajstić information content (AvgIpc) is 2.89. The molecule has 4 aromatic carbocycles. The van der Waals surface area contributed by atoms with Crippen LogP contribution in [0, 0.1) is 53.9 Å². The van der Waals surface area contributed by atoms with Crippen molar-refractivity contribution in [2.75, 3.05) is 11.5 Å². The molecule has 0 saturated carbocycles. The number of anilines is 2. The topological polar surface area (TPSA) is 75.8 Å². The van der Waals surface area contributed by atoms with Crippen molar-refractivity contribution in [3.05, 3.63) is 81.4 Å². The molecule has 0 spiro atoms. The van der Waals surface area contributed by atoms with Crippen LogP contribution < -0.4 is 11.5 Å². The maximum atomic E-state index is 14.0. The van der Waals surface area contributed by atoms with Crippen molar-refractivity contribution in [3.63, 3.8) is 0 Å². The Bertz CT molecular complexity index is 1620. The predicted molar refractivity (Wildman–Crippen MR) is 153 cm³/mol. The Morgan fingerprint density at radius 1 is 0.744 bits per heavy atom. The number of halogens is 4. The summed E-state index contributed by atoms with van der Waals surface area (Å²) in [5, 5.41) is 11.1. The molecule has 0 bridgehead atoms. The van der Waals surface area contributed by atoms with Crippen molar-refractivity contribution in [3.8, 4) is 18.4 Å². The zero-order chi connectivity index (χ0) is 29.8. The number of hydrogen-bond donors (Lipinski definition) is 2. The lowest BCUT2D eigenvalue weighted by atomic mass is 9.89. The van der Waals surface area contributed by atoms with E-state index in [0.717, 1.165) is 17.2 Å². The largest absolute Gasteiger partial charge is 0.399 e. The van der Waals surface area contributed by atoms with Crippen LogP contribution in [0.1, 0.15) is 81.2 Å². The molecule has 0 aliphatic carbocycles. The zero-order valence-electron chi connectivity index (χ0n) is 23.2. The highest BCUT2D eigenvalue weighted by atomic mass is 19.2. The van der Waals surface area contributed by atoms with Crippen LogP contribution in [0.15, 0.2) is 30.3 Å². The Labute approximate surface area is 227 Å². The van der Waals surface area contributed by atoms with E-state index in [0.29, 0.717) is 32.9 Å². The van der Waals surface area contributed by atoms with E-state index in [-0.39, 0.29) is 28.5 Å². The molecule has 0 atom stereocenters. The molecule has 4 N–H and O–H groups in total. The highest BCUT2D eigenvalue weighted by Crippen LogP contribution is 2.36. The van der Waals surface area contributed by atoms with Gasteiger partial charge in [0.1, 0.15) is 6.07 Å². The van der Waals surface area contributed by atoms with Crippen molar-refractivity contribution in [1.82, 2.24) is 0 Å². The molecule has 7 heteroatoms. The number of hydrogen-bond acceptors (Lipinski definition) is 3. The lowest BCUT2D eigenvalue weighted by molar-refractivity contribution is 0.504. The summed E-state index contributed by atoms with van der Waals surface area (Å²) in [6, 6.07) is 9.47. The molecule has 0 amide bonds. The highest BCUT2D eigenvalue weighted by molar-refractivity contribution is 5.96. The summed E-state index contributed by atoms with van der Waals surface area (Å²) < 4.78 is 54.9. The third kappa shape index (κ3) is 5.94. The highest BCUT2D eigenvalue weighted by Gasteiger charge is 2.20. The molecule has 4 rings (SSSR count). The Morgan fingerprint density at radius 2 is 1.26 bits per heavy atom. The van der Waals surface area contributed by atoms with Crippen LogP contribution in [0.2, 0.25) is 0 Å². The van der Waals surface area contributed by atoms with Crippen LogP contribution in [-0.4, -0.2) is 0 Å². The van der Waals surface area contributed by atoms with Gasteiger partial charge >= 0.3 is 0 Å². The first-order valence-electron chi connectivity index (χ1n) is 12.6. The van der Waals surface area contributed by atoms with Crippen molar-refractivity contribution in [1.29, 1.82) is 5.26 Å². The Kier molecular flexibility index (Phi) is 9.97. The van der Waals surface area contributed by atoms with Gasteiger partial charge in [0.25, 0.3) is 0 Å². The van der Waals surface area contributed by atoms with E-state index in [9.17, 15) is 17.6 Å². The van der Waals surface area contributed by atoms with Crippen LogP contribution >= 0.6 is 0 Å². The molecular formula is C32H33F4N3. The van der Waals surface area contributed by atoms with Gasteiger partial charge in [0.2, 0.25) is 0 Å². The molecule has 0 heterocycles. The lowest BCUT2D eigenvalue weighted by Crippen LogP contribution is -2.02. The minimum Gasteiger partial charge on any atom is -0.399 e. The van der Waals surface area contributed by atoms with Gasteiger partial charge in [-0.15, -0.1) is 6.42 Å². The molecule has 0 saturated heterocycles. The van der Waals surface area contributed by atoms with E-state index in [1.54, 1.807) is 30.3 Å². The summed E-state index contributed by atoms with van der Waals surface area (Å²) in [4.78, 5) is 0. The summed E-state index contributed by atoms with van der Waals surface area (Å²) in [5.74, 6) is -1.55. The molecule has 3 nitrogen and oxygen atoms in total. The predicted octanol–water partition coefficient (Wildman–Crippen LogP) is 8.83. The lowest BCUT2D eigenvalue weighted by Gasteiger charge is -2.16. The fourth-order valence-corrected chi connectivity index (χ4v) is 4.46. The van der Waals surface area contributed by atoms with E-state index in [1.165, 1.54) is 6.92 Å². The van der Waals surface area contributed by atoms with E-state index in [4.69, 9.17) is 23.2 Å². The van der Waals surface area contributed by atoms with Gasteiger partial charge < -0.3 is 11.5 Å². The second-order valence-electron chi connectivity index (χ2n) is 9.48. The van der Waals surface area contributed by atoms with E-state index in [2.05, 4.69) is 5.92 Å². The monoisotopic (exact) mass is 535 g/mol. The first kappa shape index (κ1) is 31.0. The molecule has 0 fully saturated rings. The van der Waals surface area contributed by atoms with Gasteiger partial charge in [-0.3, -0.25) is 0 Å². The number of nitrogens with zero attached hydrogens (tertiary/aromatic N) is 1. The summed E-state index contributed by atoms with van der Waals surface area (Å²) >= 11 is 0. The molecule has 4 aromatic rings. The van der Waals surface area contributed by atoms with Gasteiger partial charge in [0, 0.05) is 22.1 Å². The molecule has 204 valence electrons. The van der Waals surface area contributed by atoms with Crippen LogP contribution in [0.25, 0.3) is 21.5 Å². The molecule has 0 aliphatic heterocycles. The number of nitrogen functional groups attached to an aromatic ring is 2. The average molecular weight is 536 g/mol. The number of benzene rings is 4. The number of terminal acetylenes is 1. The van der Waals surface area contributed by atoms with Crippen molar-refractivity contribution in [2.24, 2.45) is 0 Å². The molecule has 0 unspecified atom stereocenters. The molecule has 39 heavy (non-hydrogen) atoms. The van der Waals surface area contributed by atoms with Crippen molar-refractivity contribution < 1.29 is 17.6 Å². The number of nitriles is 1. The number of nitrogens with two attached hydrogens (primary N) is 2. The van der Waals surface area contributed by atoms with Gasteiger partial charge in [-0.05, 0) is 76.6 Å². The Balaban J connectivity index is 0.000000258. The van der Waals surface area contributed by atoms with E-state index in [1.807, 2.05) is 41.5 Å². The normalized spacial score (nSPS) is 10.5. The first-order chi connectivity index (χ1) is 18.3. The molecule has 0 aliphatic rings. The number of rotatable bonds is 2. The van der Waals surface area contributed by atoms with Crippen LogP contribution in [0.4, 0.5) is 28.9 Å².